The number of H-pyrrole nitrogens is 1. The summed E-state index contributed by atoms with van der Waals surface area (Å²) in [5.41, 5.74) is 11.0. The lowest BCUT2D eigenvalue weighted by Crippen LogP contribution is -1.99. The summed E-state index contributed by atoms with van der Waals surface area (Å²) < 4.78 is 0. The number of carbonyl (C=O) groups is 1. The van der Waals surface area contributed by atoms with Crippen LogP contribution < -0.4 is 0 Å². The van der Waals surface area contributed by atoms with E-state index >= 15 is 0 Å². The summed E-state index contributed by atoms with van der Waals surface area (Å²) in [6.07, 6.45) is 29.4. The highest BCUT2D eigenvalue weighted by molar-refractivity contribution is 6.30. The number of nitrogens with one attached hydrogen (secondary N) is 1. The summed E-state index contributed by atoms with van der Waals surface area (Å²) in [7, 11) is 0. The van der Waals surface area contributed by atoms with E-state index < -0.39 is 0 Å². The lowest BCUT2D eigenvalue weighted by Gasteiger charge is -2.07. The van der Waals surface area contributed by atoms with Gasteiger partial charge in [0.1, 0.15) is 0 Å². The number of hydrogen-bond acceptors (Lipinski definition) is 2. The number of hydrogen-bond donors (Lipinski definition) is 2. The second-order valence-corrected chi connectivity index (χ2v) is 16.8. The number of amides is 1. The Bertz CT molecular complexity index is 2000. The predicted molar refractivity (Wildman–Crippen MR) is 246 cm³/mol. The molecule has 1 aromatic heterocycles. The molecule has 4 heteroatoms. The van der Waals surface area contributed by atoms with Gasteiger partial charge in [-0.25, -0.2) is 4.99 Å². The van der Waals surface area contributed by atoms with E-state index in [1.165, 1.54) is 151 Å². The molecule has 0 aliphatic carbocycles. The highest BCUT2D eigenvalue weighted by Crippen LogP contribution is 2.39. The van der Waals surface area contributed by atoms with Crippen LogP contribution in [0.15, 0.2) is 102 Å². The van der Waals surface area contributed by atoms with E-state index in [9.17, 15) is 9.90 Å². The first-order valence-electron chi connectivity index (χ1n) is 23.0. The fraction of sp³-hybridized carbons (Fsp3) is 0.444. The average Bonchev–Trinajstić information content (AvgIpc) is 3.79. The van der Waals surface area contributed by atoms with Gasteiger partial charge in [-0.3, -0.25) is 4.79 Å². The molecule has 0 radical (unpaired) electrons. The van der Waals surface area contributed by atoms with Gasteiger partial charge in [-0.15, -0.1) is 0 Å². The summed E-state index contributed by atoms with van der Waals surface area (Å²) in [5.74, 6) is -0.362. The van der Waals surface area contributed by atoms with E-state index in [1.807, 2.05) is 24.3 Å². The van der Waals surface area contributed by atoms with Gasteiger partial charge < -0.3 is 10.1 Å². The topological polar surface area (TPSA) is 65.5 Å². The number of unbranched alkanes of at least 4 members (excludes halogenated alkanes) is 18. The molecule has 306 valence electrons. The van der Waals surface area contributed by atoms with Crippen molar-refractivity contribution in [3.63, 3.8) is 0 Å². The fourth-order valence-corrected chi connectivity index (χ4v) is 8.58. The quantitative estimate of drug-likeness (QED) is 0.0549. The Morgan fingerprint density at radius 2 is 0.741 bits per heavy atom. The van der Waals surface area contributed by atoms with E-state index in [1.54, 1.807) is 0 Å². The van der Waals surface area contributed by atoms with Crippen LogP contribution in [0.2, 0.25) is 0 Å². The molecule has 0 unspecified atom stereocenters. The Morgan fingerprint density at radius 3 is 1.14 bits per heavy atom. The van der Waals surface area contributed by atoms with Gasteiger partial charge in [0.05, 0.1) is 22.5 Å². The minimum absolute atomic E-state index is 0.0289. The van der Waals surface area contributed by atoms with Crippen LogP contribution in [0.25, 0.3) is 33.5 Å². The van der Waals surface area contributed by atoms with Crippen LogP contribution in [0.1, 0.15) is 175 Å². The number of aliphatic imine (C=N–C) groups is 1. The zero-order chi connectivity index (χ0) is 40.4. The molecular weight excluding hydrogens is 709 g/mol. The third-order valence-electron chi connectivity index (χ3n) is 12.2. The van der Waals surface area contributed by atoms with Crippen molar-refractivity contribution in [1.29, 1.82) is 0 Å². The van der Waals surface area contributed by atoms with Crippen molar-refractivity contribution in [2.45, 2.75) is 155 Å². The monoisotopic (exact) mass is 777 g/mol. The SMILES string of the molecule is CCCCCCCCCCCCc1ccc(-c2ccc(C3=NC(=O)c4c(-c5ccc(-c6ccc(CCCCCCCCCCCC)cc6)cc5)[nH]c(O)c43)cc2)cc1. The maximum absolute atomic E-state index is 13.3. The Morgan fingerprint density at radius 1 is 0.414 bits per heavy atom. The zero-order valence-electron chi connectivity index (χ0n) is 35.6. The Labute approximate surface area is 349 Å². The maximum atomic E-state index is 13.3. The molecule has 1 aliphatic rings. The van der Waals surface area contributed by atoms with Crippen molar-refractivity contribution in [3.8, 4) is 39.4 Å². The number of carbonyl (C=O) groups excluding carboxylic acids is 1. The summed E-state index contributed by atoms with van der Waals surface area (Å²) in [4.78, 5) is 20.9. The number of aromatic amines is 1. The summed E-state index contributed by atoms with van der Waals surface area (Å²) in [5, 5.41) is 11.1. The third kappa shape index (κ3) is 12.2. The van der Waals surface area contributed by atoms with E-state index in [2.05, 4.69) is 96.6 Å². The highest BCUT2D eigenvalue weighted by Gasteiger charge is 2.33. The van der Waals surface area contributed by atoms with Crippen LogP contribution in [0.4, 0.5) is 0 Å². The number of rotatable bonds is 26. The van der Waals surface area contributed by atoms with E-state index in [0.717, 1.165) is 35.1 Å². The van der Waals surface area contributed by atoms with Crippen LogP contribution in [0, 0.1) is 0 Å². The fourth-order valence-electron chi connectivity index (χ4n) is 8.58. The molecule has 0 fully saturated rings. The molecule has 1 amide bonds. The molecule has 4 nitrogen and oxygen atoms in total. The van der Waals surface area contributed by atoms with Crippen molar-refractivity contribution < 1.29 is 9.90 Å². The highest BCUT2D eigenvalue weighted by atomic mass is 16.3. The normalized spacial score (nSPS) is 12.3. The average molecular weight is 777 g/mol. The molecule has 1 aliphatic heterocycles. The number of aryl methyl sites for hydroxylation is 2. The lowest BCUT2D eigenvalue weighted by atomic mass is 9.96. The van der Waals surface area contributed by atoms with Crippen molar-refractivity contribution in [2.75, 3.05) is 0 Å². The molecule has 2 heterocycles. The van der Waals surface area contributed by atoms with E-state index in [0.29, 0.717) is 22.5 Å². The summed E-state index contributed by atoms with van der Waals surface area (Å²) in [6.45, 7) is 4.56. The standard InChI is InChI=1S/C54H68N2O2/c1-3-5-7-9-11-13-15-17-19-21-23-41-25-29-43(30-26-41)45-33-37-47(38-34-45)51-49-50(54(58)55-51)52(56-53(49)57)48-39-35-46(36-40-48)44-31-27-42(28-32-44)24-22-20-18-16-14-12-10-8-6-4-2/h25-40,55,58H,3-24H2,1-2H3. The van der Waals surface area contributed by atoms with Crippen LogP contribution in [-0.2, 0) is 12.8 Å². The lowest BCUT2D eigenvalue weighted by molar-refractivity contribution is 0.101. The van der Waals surface area contributed by atoms with Crippen molar-refractivity contribution >= 4 is 11.6 Å². The molecule has 5 aromatic rings. The summed E-state index contributed by atoms with van der Waals surface area (Å²) >= 11 is 0. The van der Waals surface area contributed by atoms with Crippen molar-refractivity contribution in [2.24, 2.45) is 4.99 Å². The van der Waals surface area contributed by atoms with Gasteiger partial charge in [-0.2, -0.15) is 0 Å². The van der Waals surface area contributed by atoms with Crippen LogP contribution in [-0.4, -0.2) is 21.7 Å². The molecule has 0 bridgehead atoms. The number of aromatic nitrogens is 1. The number of fused-ring (bicyclic) bond motifs is 1. The van der Waals surface area contributed by atoms with Gasteiger partial charge in [0.2, 0.25) is 0 Å². The second-order valence-electron chi connectivity index (χ2n) is 16.8. The Balaban J connectivity index is 0.981. The number of aromatic hydroxyl groups is 1. The zero-order valence-corrected chi connectivity index (χ0v) is 35.6. The van der Waals surface area contributed by atoms with Gasteiger partial charge in [0.15, 0.2) is 5.88 Å². The molecule has 4 aromatic carbocycles. The molecule has 58 heavy (non-hydrogen) atoms. The maximum Gasteiger partial charge on any atom is 0.280 e. The van der Waals surface area contributed by atoms with Crippen LogP contribution in [0.3, 0.4) is 0 Å². The van der Waals surface area contributed by atoms with Gasteiger partial charge in [-0.05, 0) is 64.6 Å². The minimum Gasteiger partial charge on any atom is -0.494 e. The Kier molecular flexibility index (Phi) is 17.0. The molecule has 0 saturated heterocycles. The van der Waals surface area contributed by atoms with Crippen LogP contribution >= 0.6 is 0 Å². The molecule has 6 rings (SSSR count). The predicted octanol–water partition coefficient (Wildman–Crippen LogP) is 15.6. The molecule has 2 N–H and O–H groups in total. The number of nitrogens with zero attached hydrogens (tertiary/aromatic N) is 1. The molecular formula is C54H68N2O2. The molecule has 0 atom stereocenters. The summed E-state index contributed by atoms with van der Waals surface area (Å²) in [6, 6.07) is 34.2. The molecule has 0 spiro atoms. The first kappa shape index (κ1) is 42.9. The minimum atomic E-state index is -0.333. The Hall–Kier alpha value is -4.70. The number of benzene rings is 4. The van der Waals surface area contributed by atoms with E-state index in [-0.39, 0.29) is 11.8 Å². The van der Waals surface area contributed by atoms with Gasteiger partial charge in [0.25, 0.3) is 5.91 Å². The van der Waals surface area contributed by atoms with Crippen molar-refractivity contribution in [1.82, 2.24) is 4.98 Å². The first-order chi connectivity index (χ1) is 28.6. The van der Waals surface area contributed by atoms with Gasteiger partial charge in [0, 0.05) is 5.56 Å². The second kappa shape index (κ2) is 23.0. The third-order valence-corrected chi connectivity index (χ3v) is 12.2. The molecule has 0 saturated carbocycles. The van der Waals surface area contributed by atoms with Gasteiger partial charge in [-0.1, -0.05) is 226 Å². The largest absolute Gasteiger partial charge is 0.494 e. The van der Waals surface area contributed by atoms with Gasteiger partial charge >= 0.3 is 0 Å². The van der Waals surface area contributed by atoms with Crippen molar-refractivity contribution in [3.05, 3.63) is 125 Å². The van der Waals surface area contributed by atoms with Crippen LogP contribution in [0.5, 0.6) is 5.88 Å². The smallest absolute Gasteiger partial charge is 0.280 e. The van der Waals surface area contributed by atoms with E-state index in [4.69, 9.17) is 0 Å². The first-order valence-corrected chi connectivity index (χ1v) is 23.0.